The Kier molecular flexibility index (Phi) is 2.18. The van der Waals surface area contributed by atoms with Crippen LogP contribution in [0.5, 0.6) is 0 Å². The van der Waals surface area contributed by atoms with Gasteiger partial charge in [-0.3, -0.25) is 0 Å². The van der Waals surface area contributed by atoms with Gasteiger partial charge in [-0.25, -0.2) is 9.97 Å². The van der Waals surface area contributed by atoms with E-state index >= 15 is 0 Å². The molecule has 14 heavy (non-hydrogen) atoms. The molecule has 0 amide bonds. The Morgan fingerprint density at radius 2 is 2.43 bits per heavy atom. The van der Waals surface area contributed by atoms with Crippen molar-refractivity contribution in [3.63, 3.8) is 0 Å². The van der Waals surface area contributed by atoms with Crippen molar-refractivity contribution in [2.45, 2.75) is 31.2 Å². The van der Waals surface area contributed by atoms with Gasteiger partial charge in [0.1, 0.15) is 5.82 Å². The number of nitrogens with one attached hydrogen (secondary N) is 1. The van der Waals surface area contributed by atoms with E-state index in [-0.39, 0.29) is 0 Å². The summed E-state index contributed by atoms with van der Waals surface area (Å²) in [4.78, 5) is 9.10. The fourth-order valence-corrected chi connectivity index (χ4v) is 3.22. The van der Waals surface area contributed by atoms with Crippen molar-refractivity contribution >= 4 is 11.8 Å². The van der Waals surface area contributed by atoms with Crippen LogP contribution in [0.4, 0.5) is 0 Å². The molecular formula is C10H13N3S. The van der Waals surface area contributed by atoms with Crippen molar-refractivity contribution in [3.05, 3.63) is 23.3 Å². The fourth-order valence-electron chi connectivity index (χ4n) is 2.01. The molecule has 0 aliphatic carbocycles. The van der Waals surface area contributed by atoms with Gasteiger partial charge < -0.3 is 5.32 Å². The highest BCUT2D eigenvalue weighted by molar-refractivity contribution is 7.99. The van der Waals surface area contributed by atoms with Crippen molar-refractivity contribution in [1.82, 2.24) is 15.3 Å². The van der Waals surface area contributed by atoms with Crippen LogP contribution in [0.15, 0.2) is 6.20 Å². The number of aromatic nitrogens is 2. The quantitative estimate of drug-likeness (QED) is 0.760. The summed E-state index contributed by atoms with van der Waals surface area (Å²) >= 11 is 2.00. The Hall–Kier alpha value is -0.610. The van der Waals surface area contributed by atoms with Crippen LogP contribution in [0, 0.1) is 0 Å². The summed E-state index contributed by atoms with van der Waals surface area (Å²) < 4.78 is 0. The third-order valence-electron chi connectivity index (χ3n) is 2.80. The average Bonchev–Trinajstić information content (AvgIpc) is 2.88. The molecule has 3 heterocycles. The van der Waals surface area contributed by atoms with Crippen molar-refractivity contribution < 1.29 is 0 Å². The minimum Gasteiger partial charge on any atom is -0.307 e. The van der Waals surface area contributed by atoms with Crippen LogP contribution in [-0.2, 0) is 13.1 Å². The van der Waals surface area contributed by atoms with Gasteiger partial charge in [-0.05, 0) is 18.6 Å². The zero-order valence-electron chi connectivity index (χ0n) is 7.99. The largest absolute Gasteiger partial charge is 0.307 e. The zero-order valence-corrected chi connectivity index (χ0v) is 8.81. The molecule has 1 fully saturated rings. The van der Waals surface area contributed by atoms with Crippen LogP contribution in [-0.4, -0.2) is 15.7 Å². The van der Waals surface area contributed by atoms with Gasteiger partial charge in [-0.2, -0.15) is 11.8 Å². The van der Waals surface area contributed by atoms with Gasteiger partial charge in [0.25, 0.3) is 0 Å². The molecule has 0 radical (unpaired) electrons. The average molecular weight is 207 g/mol. The smallest absolute Gasteiger partial charge is 0.141 e. The number of hydrogen-bond acceptors (Lipinski definition) is 4. The molecule has 2 aliphatic heterocycles. The van der Waals surface area contributed by atoms with E-state index in [2.05, 4.69) is 15.3 Å². The first kappa shape index (κ1) is 8.68. The summed E-state index contributed by atoms with van der Waals surface area (Å²) in [5.41, 5.74) is 2.49. The maximum atomic E-state index is 4.64. The predicted molar refractivity (Wildman–Crippen MR) is 57.0 cm³/mol. The van der Waals surface area contributed by atoms with E-state index in [0.717, 1.165) is 18.9 Å². The number of fused-ring (bicyclic) bond motifs is 1. The fraction of sp³-hybridized carbons (Fsp3) is 0.600. The second-order valence-corrected chi connectivity index (χ2v) is 5.12. The molecule has 0 spiro atoms. The standard InChI is InChI=1S/C10H13N3S/c1-2-9(14-3-1)10-12-5-7-4-11-6-8(7)13-10/h5,9,11H,1-4,6H2. The summed E-state index contributed by atoms with van der Waals surface area (Å²) in [6, 6.07) is 0. The summed E-state index contributed by atoms with van der Waals surface area (Å²) in [6.45, 7) is 1.86. The zero-order chi connectivity index (χ0) is 9.38. The summed E-state index contributed by atoms with van der Waals surface area (Å²) in [5, 5.41) is 3.85. The van der Waals surface area contributed by atoms with Crippen LogP contribution < -0.4 is 5.32 Å². The molecule has 0 saturated carbocycles. The number of rotatable bonds is 1. The highest BCUT2D eigenvalue weighted by Crippen LogP contribution is 2.38. The van der Waals surface area contributed by atoms with Crippen LogP contribution >= 0.6 is 11.8 Å². The Balaban J connectivity index is 1.91. The first-order chi connectivity index (χ1) is 6.93. The Morgan fingerprint density at radius 3 is 3.29 bits per heavy atom. The lowest BCUT2D eigenvalue weighted by molar-refractivity contribution is 0.746. The third kappa shape index (κ3) is 1.42. The maximum absolute atomic E-state index is 4.64. The van der Waals surface area contributed by atoms with E-state index in [4.69, 9.17) is 0 Å². The molecule has 3 nitrogen and oxygen atoms in total. The first-order valence-corrected chi connectivity index (χ1v) is 6.15. The van der Waals surface area contributed by atoms with Gasteiger partial charge in [-0.1, -0.05) is 0 Å². The topological polar surface area (TPSA) is 37.8 Å². The molecular weight excluding hydrogens is 194 g/mol. The van der Waals surface area contributed by atoms with Gasteiger partial charge in [0, 0.05) is 24.8 Å². The van der Waals surface area contributed by atoms with Gasteiger partial charge >= 0.3 is 0 Å². The normalized spacial score (nSPS) is 25.3. The Morgan fingerprint density at radius 1 is 1.43 bits per heavy atom. The van der Waals surface area contributed by atoms with Crippen molar-refractivity contribution in [2.24, 2.45) is 0 Å². The van der Waals surface area contributed by atoms with E-state index < -0.39 is 0 Å². The SMILES string of the molecule is c1nc(C2CCCS2)nc2c1CNC2. The second kappa shape index (κ2) is 3.51. The lowest BCUT2D eigenvalue weighted by Crippen LogP contribution is -2.02. The van der Waals surface area contributed by atoms with Crippen LogP contribution in [0.1, 0.15) is 35.2 Å². The van der Waals surface area contributed by atoms with Gasteiger partial charge in [0.2, 0.25) is 0 Å². The van der Waals surface area contributed by atoms with Crippen molar-refractivity contribution in [1.29, 1.82) is 0 Å². The number of hydrogen-bond donors (Lipinski definition) is 1. The highest BCUT2D eigenvalue weighted by Gasteiger charge is 2.22. The van der Waals surface area contributed by atoms with Crippen LogP contribution in [0.2, 0.25) is 0 Å². The molecule has 1 aromatic rings. The second-order valence-electron chi connectivity index (χ2n) is 3.81. The van der Waals surface area contributed by atoms with Crippen molar-refractivity contribution in [3.8, 4) is 0 Å². The molecule has 3 rings (SSSR count). The van der Waals surface area contributed by atoms with Crippen LogP contribution in [0.3, 0.4) is 0 Å². The van der Waals surface area contributed by atoms with E-state index in [9.17, 15) is 0 Å². The Labute approximate surface area is 87.7 Å². The highest BCUT2D eigenvalue weighted by atomic mass is 32.2. The third-order valence-corrected chi connectivity index (χ3v) is 4.17. The molecule has 0 bridgehead atoms. The predicted octanol–water partition coefficient (Wildman–Crippen LogP) is 1.65. The molecule has 1 unspecified atom stereocenters. The minimum atomic E-state index is 0.556. The van der Waals surface area contributed by atoms with Gasteiger partial charge in [0.15, 0.2) is 0 Å². The molecule has 1 atom stereocenters. The molecule has 4 heteroatoms. The molecule has 74 valence electrons. The molecule has 1 saturated heterocycles. The summed E-state index contributed by atoms with van der Waals surface area (Å²) in [6.07, 6.45) is 4.56. The van der Waals surface area contributed by atoms with Gasteiger partial charge in [0.05, 0.1) is 10.9 Å². The van der Waals surface area contributed by atoms with Gasteiger partial charge in [-0.15, -0.1) is 0 Å². The van der Waals surface area contributed by atoms with E-state index in [0.29, 0.717) is 5.25 Å². The number of nitrogens with zero attached hydrogens (tertiary/aromatic N) is 2. The minimum absolute atomic E-state index is 0.556. The summed E-state index contributed by atoms with van der Waals surface area (Å²) in [5.74, 6) is 2.32. The monoisotopic (exact) mass is 207 g/mol. The van der Waals surface area contributed by atoms with E-state index in [1.165, 1.54) is 29.9 Å². The first-order valence-electron chi connectivity index (χ1n) is 5.10. The van der Waals surface area contributed by atoms with Crippen molar-refractivity contribution in [2.75, 3.05) is 5.75 Å². The summed E-state index contributed by atoms with van der Waals surface area (Å²) in [7, 11) is 0. The number of thioether (sulfide) groups is 1. The molecule has 2 aliphatic rings. The Bertz CT molecular complexity index is 347. The lowest BCUT2D eigenvalue weighted by atomic mass is 10.2. The molecule has 0 aromatic carbocycles. The lowest BCUT2D eigenvalue weighted by Gasteiger charge is -2.07. The van der Waals surface area contributed by atoms with E-state index in [1.807, 2.05) is 18.0 Å². The molecule has 1 N–H and O–H groups in total. The van der Waals surface area contributed by atoms with Crippen LogP contribution in [0.25, 0.3) is 0 Å². The molecule has 1 aromatic heterocycles. The maximum Gasteiger partial charge on any atom is 0.141 e. The van der Waals surface area contributed by atoms with E-state index in [1.54, 1.807) is 0 Å².